The lowest BCUT2D eigenvalue weighted by molar-refractivity contribution is -0.127. The Kier molecular flexibility index (Phi) is 5.02. The Labute approximate surface area is 106 Å². The Balaban J connectivity index is 1.93. The lowest BCUT2D eigenvalue weighted by Crippen LogP contribution is -2.45. The lowest BCUT2D eigenvalue weighted by Gasteiger charge is -2.32. The van der Waals surface area contributed by atoms with E-state index in [9.17, 15) is 4.79 Å². The second-order valence-electron chi connectivity index (χ2n) is 5.90. The fourth-order valence-electron chi connectivity index (χ4n) is 3.72. The molecule has 2 aliphatic rings. The summed E-state index contributed by atoms with van der Waals surface area (Å²) in [5.41, 5.74) is 0. The second-order valence-corrected chi connectivity index (χ2v) is 5.90. The van der Waals surface area contributed by atoms with Gasteiger partial charge in [0, 0.05) is 5.92 Å². The average molecular weight is 237 g/mol. The predicted octanol–water partition coefficient (Wildman–Crippen LogP) is 3.30. The van der Waals surface area contributed by atoms with Gasteiger partial charge < -0.3 is 5.32 Å². The maximum absolute atomic E-state index is 12.6. The van der Waals surface area contributed by atoms with Crippen molar-refractivity contribution >= 4 is 5.78 Å². The van der Waals surface area contributed by atoms with Crippen LogP contribution < -0.4 is 5.32 Å². The van der Waals surface area contributed by atoms with Crippen molar-refractivity contribution in [3.05, 3.63) is 0 Å². The van der Waals surface area contributed by atoms with E-state index in [4.69, 9.17) is 0 Å². The average Bonchev–Trinajstić information content (AvgIpc) is 2.42. The first-order chi connectivity index (χ1) is 8.33. The van der Waals surface area contributed by atoms with Gasteiger partial charge in [-0.05, 0) is 38.6 Å². The largest absolute Gasteiger partial charge is 0.310 e. The van der Waals surface area contributed by atoms with Crippen molar-refractivity contribution in [1.29, 1.82) is 0 Å². The molecule has 2 fully saturated rings. The topological polar surface area (TPSA) is 29.1 Å². The number of rotatable bonds is 4. The Morgan fingerprint density at radius 2 is 1.47 bits per heavy atom. The first-order valence-corrected chi connectivity index (χ1v) is 7.54. The minimum Gasteiger partial charge on any atom is -0.310 e. The van der Waals surface area contributed by atoms with Crippen LogP contribution >= 0.6 is 0 Å². The molecule has 1 atom stereocenters. The van der Waals surface area contributed by atoms with E-state index in [-0.39, 0.29) is 6.04 Å². The van der Waals surface area contributed by atoms with Crippen molar-refractivity contribution in [2.24, 2.45) is 11.8 Å². The number of likely N-dealkylation sites (N-methyl/N-ethyl adjacent to an activating group) is 1. The van der Waals surface area contributed by atoms with Gasteiger partial charge in [0.15, 0.2) is 5.78 Å². The molecule has 2 rings (SSSR count). The molecular weight excluding hydrogens is 210 g/mol. The van der Waals surface area contributed by atoms with E-state index in [1.54, 1.807) is 0 Å². The molecule has 0 aromatic carbocycles. The van der Waals surface area contributed by atoms with E-state index >= 15 is 0 Å². The van der Waals surface area contributed by atoms with Crippen LogP contribution in [0.5, 0.6) is 0 Å². The molecule has 0 heterocycles. The SMILES string of the molecule is CNC(C(=O)C1CCCCC1)C1CCCCC1. The maximum Gasteiger partial charge on any atom is 0.153 e. The number of nitrogens with one attached hydrogen (secondary N) is 1. The normalized spacial score (nSPS) is 25.7. The number of Topliss-reactive ketones (excluding diaryl/α,β-unsaturated/α-hetero) is 1. The van der Waals surface area contributed by atoms with Gasteiger partial charge in [0.1, 0.15) is 0 Å². The highest BCUT2D eigenvalue weighted by atomic mass is 16.1. The van der Waals surface area contributed by atoms with Crippen LogP contribution in [0.1, 0.15) is 64.2 Å². The molecule has 1 N–H and O–H groups in total. The van der Waals surface area contributed by atoms with Crippen molar-refractivity contribution < 1.29 is 4.79 Å². The van der Waals surface area contributed by atoms with Gasteiger partial charge in [0.05, 0.1) is 6.04 Å². The molecule has 0 amide bonds. The third-order valence-electron chi connectivity index (χ3n) is 4.75. The number of ketones is 1. The standard InChI is InChI=1S/C15H27NO/c1-16-14(12-8-4-2-5-9-12)15(17)13-10-6-3-7-11-13/h12-14,16H,2-11H2,1H3. The zero-order chi connectivity index (χ0) is 12.1. The highest BCUT2D eigenvalue weighted by Crippen LogP contribution is 2.31. The van der Waals surface area contributed by atoms with Crippen LogP contribution in [-0.2, 0) is 4.79 Å². The van der Waals surface area contributed by atoms with E-state index in [0.29, 0.717) is 17.6 Å². The summed E-state index contributed by atoms with van der Waals surface area (Å²) in [5.74, 6) is 1.51. The van der Waals surface area contributed by atoms with Crippen LogP contribution in [0.25, 0.3) is 0 Å². The van der Waals surface area contributed by atoms with E-state index in [1.807, 2.05) is 7.05 Å². The third-order valence-corrected chi connectivity index (χ3v) is 4.75. The van der Waals surface area contributed by atoms with Crippen LogP contribution in [0.2, 0.25) is 0 Å². The Hall–Kier alpha value is -0.370. The smallest absolute Gasteiger partial charge is 0.153 e. The third kappa shape index (κ3) is 3.31. The highest BCUT2D eigenvalue weighted by molar-refractivity contribution is 5.86. The zero-order valence-corrected chi connectivity index (χ0v) is 11.2. The van der Waals surface area contributed by atoms with Crippen molar-refractivity contribution in [3.8, 4) is 0 Å². The summed E-state index contributed by atoms with van der Waals surface area (Å²) in [7, 11) is 1.97. The van der Waals surface area contributed by atoms with Gasteiger partial charge in [-0.15, -0.1) is 0 Å². The summed E-state index contributed by atoms with van der Waals surface area (Å²) in [6.45, 7) is 0. The molecule has 0 saturated heterocycles. The molecule has 2 heteroatoms. The predicted molar refractivity (Wildman–Crippen MR) is 71.0 cm³/mol. The summed E-state index contributed by atoms with van der Waals surface area (Å²) in [5, 5.41) is 3.32. The quantitative estimate of drug-likeness (QED) is 0.813. The number of carbonyl (C=O) groups excluding carboxylic acids is 1. The first-order valence-electron chi connectivity index (χ1n) is 7.54. The fourth-order valence-corrected chi connectivity index (χ4v) is 3.72. The Morgan fingerprint density at radius 1 is 0.941 bits per heavy atom. The molecule has 1 unspecified atom stereocenters. The lowest BCUT2D eigenvalue weighted by atomic mass is 9.76. The molecule has 0 aliphatic heterocycles. The van der Waals surface area contributed by atoms with Crippen LogP contribution in [0.3, 0.4) is 0 Å². The van der Waals surface area contributed by atoms with Gasteiger partial charge in [-0.3, -0.25) is 4.79 Å². The molecule has 2 aliphatic carbocycles. The van der Waals surface area contributed by atoms with Crippen molar-refractivity contribution in [2.75, 3.05) is 7.05 Å². The number of hydrogen-bond donors (Lipinski definition) is 1. The molecule has 0 aromatic rings. The Morgan fingerprint density at radius 3 is 2.00 bits per heavy atom. The van der Waals surface area contributed by atoms with Crippen molar-refractivity contribution in [2.45, 2.75) is 70.3 Å². The maximum atomic E-state index is 12.6. The molecule has 0 radical (unpaired) electrons. The van der Waals surface area contributed by atoms with Gasteiger partial charge >= 0.3 is 0 Å². The van der Waals surface area contributed by atoms with Crippen molar-refractivity contribution in [3.63, 3.8) is 0 Å². The molecule has 0 bridgehead atoms. The zero-order valence-electron chi connectivity index (χ0n) is 11.2. The summed E-state index contributed by atoms with van der Waals surface area (Å²) < 4.78 is 0. The van der Waals surface area contributed by atoms with Gasteiger partial charge in [0.25, 0.3) is 0 Å². The Bertz CT molecular complexity index is 239. The van der Waals surface area contributed by atoms with Crippen LogP contribution in [0.15, 0.2) is 0 Å². The molecule has 98 valence electrons. The van der Waals surface area contributed by atoms with E-state index in [0.717, 1.165) is 12.8 Å². The molecule has 2 nitrogen and oxygen atoms in total. The van der Waals surface area contributed by atoms with Crippen LogP contribution in [0, 0.1) is 11.8 Å². The molecule has 0 aromatic heterocycles. The van der Waals surface area contributed by atoms with E-state index in [1.165, 1.54) is 51.4 Å². The van der Waals surface area contributed by atoms with Gasteiger partial charge in [0.2, 0.25) is 0 Å². The second kappa shape index (κ2) is 6.53. The summed E-state index contributed by atoms with van der Waals surface area (Å²) in [4.78, 5) is 12.6. The fraction of sp³-hybridized carbons (Fsp3) is 0.933. The molecule has 17 heavy (non-hydrogen) atoms. The molecular formula is C15H27NO. The number of hydrogen-bond acceptors (Lipinski definition) is 2. The minimum atomic E-state index is 0.151. The first kappa shape index (κ1) is 13.1. The molecule has 0 spiro atoms. The van der Waals surface area contributed by atoms with Gasteiger partial charge in [-0.1, -0.05) is 38.5 Å². The van der Waals surface area contributed by atoms with Crippen molar-refractivity contribution in [1.82, 2.24) is 5.32 Å². The van der Waals surface area contributed by atoms with E-state index in [2.05, 4.69) is 5.32 Å². The summed E-state index contributed by atoms with van der Waals surface area (Å²) >= 11 is 0. The van der Waals surface area contributed by atoms with E-state index < -0.39 is 0 Å². The minimum absolute atomic E-state index is 0.151. The van der Waals surface area contributed by atoms with Crippen LogP contribution in [-0.4, -0.2) is 18.9 Å². The highest BCUT2D eigenvalue weighted by Gasteiger charge is 2.32. The number of carbonyl (C=O) groups is 1. The van der Waals surface area contributed by atoms with Crippen LogP contribution in [0.4, 0.5) is 0 Å². The van der Waals surface area contributed by atoms with Gasteiger partial charge in [-0.25, -0.2) is 0 Å². The summed E-state index contributed by atoms with van der Waals surface area (Å²) in [6, 6.07) is 0.151. The van der Waals surface area contributed by atoms with Gasteiger partial charge in [-0.2, -0.15) is 0 Å². The monoisotopic (exact) mass is 237 g/mol. The molecule has 2 saturated carbocycles. The summed E-state index contributed by atoms with van der Waals surface area (Å²) in [6.07, 6.45) is 12.7.